The maximum atomic E-state index is 4.78. The Morgan fingerprint density at radius 1 is 1.05 bits per heavy atom. The van der Waals surface area contributed by atoms with Crippen molar-refractivity contribution in [1.29, 1.82) is 0 Å². The van der Waals surface area contributed by atoms with Crippen LogP contribution in [0.4, 0.5) is 5.82 Å². The Labute approximate surface area is 124 Å². The summed E-state index contributed by atoms with van der Waals surface area (Å²) in [6.07, 6.45) is 1.85. The van der Waals surface area contributed by atoms with Gasteiger partial charge in [-0.3, -0.25) is 0 Å². The van der Waals surface area contributed by atoms with Crippen molar-refractivity contribution in [2.45, 2.75) is 26.3 Å². The van der Waals surface area contributed by atoms with E-state index >= 15 is 0 Å². The molecule has 108 valence electrons. The predicted octanol–water partition coefficient (Wildman–Crippen LogP) is 3.47. The Morgan fingerprint density at radius 3 is 2.71 bits per heavy atom. The van der Waals surface area contributed by atoms with Crippen LogP contribution in [0.5, 0.6) is 0 Å². The van der Waals surface area contributed by atoms with Gasteiger partial charge in [-0.05, 0) is 30.7 Å². The molecule has 0 aliphatic carbocycles. The van der Waals surface area contributed by atoms with E-state index in [1.165, 1.54) is 5.52 Å². The fourth-order valence-corrected chi connectivity index (χ4v) is 2.61. The average Bonchev–Trinajstić information content (AvgIpc) is 2.86. The molecule has 0 fully saturated rings. The third-order valence-corrected chi connectivity index (χ3v) is 3.58. The second-order valence-electron chi connectivity index (χ2n) is 5.11. The van der Waals surface area contributed by atoms with Crippen LogP contribution in [0, 0.1) is 0 Å². The van der Waals surface area contributed by atoms with E-state index in [4.69, 9.17) is 4.98 Å². The number of anilines is 1. The van der Waals surface area contributed by atoms with Crippen LogP contribution in [0.1, 0.15) is 24.9 Å². The Bertz CT molecular complexity index is 745. The lowest BCUT2D eigenvalue weighted by Crippen LogP contribution is -2.06. The van der Waals surface area contributed by atoms with E-state index in [1.807, 2.05) is 25.2 Å². The molecular formula is C17H20N4. The van der Waals surface area contributed by atoms with Crippen molar-refractivity contribution in [2.24, 2.45) is 0 Å². The van der Waals surface area contributed by atoms with Crippen LogP contribution in [0.25, 0.3) is 11.0 Å². The Balaban J connectivity index is 2.00. The van der Waals surface area contributed by atoms with Gasteiger partial charge in [0.1, 0.15) is 11.6 Å². The summed E-state index contributed by atoms with van der Waals surface area (Å²) in [6, 6.07) is 14.4. The minimum absolute atomic E-state index is 0.754. The highest BCUT2D eigenvalue weighted by Crippen LogP contribution is 2.19. The van der Waals surface area contributed by atoms with Gasteiger partial charge in [-0.15, -0.1) is 0 Å². The molecule has 0 atom stereocenters. The van der Waals surface area contributed by atoms with Crippen LogP contribution in [-0.4, -0.2) is 21.6 Å². The highest BCUT2D eigenvalue weighted by molar-refractivity contribution is 5.76. The standard InChI is InChI=1S/C17H20N4/c1-3-11-21-15-9-5-4-8-14(15)20-17(21)12-13-7-6-10-16(18-2)19-13/h4-10H,3,11-12H2,1-2H3,(H,18,19). The van der Waals surface area contributed by atoms with E-state index in [-0.39, 0.29) is 0 Å². The van der Waals surface area contributed by atoms with Gasteiger partial charge in [-0.1, -0.05) is 25.1 Å². The Hall–Kier alpha value is -2.36. The number of nitrogens with zero attached hydrogens (tertiary/aromatic N) is 3. The number of pyridine rings is 1. The predicted molar refractivity (Wildman–Crippen MR) is 86.6 cm³/mol. The van der Waals surface area contributed by atoms with Gasteiger partial charge in [0.05, 0.1) is 16.7 Å². The summed E-state index contributed by atoms with van der Waals surface area (Å²) in [4.78, 5) is 9.38. The summed E-state index contributed by atoms with van der Waals surface area (Å²) in [5.74, 6) is 1.98. The molecule has 3 aromatic rings. The first-order valence-corrected chi connectivity index (χ1v) is 7.39. The number of benzene rings is 1. The molecule has 0 spiro atoms. The van der Waals surface area contributed by atoms with Gasteiger partial charge in [0.15, 0.2) is 0 Å². The van der Waals surface area contributed by atoms with E-state index < -0.39 is 0 Å². The van der Waals surface area contributed by atoms with E-state index in [0.29, 0.717) is 0 Å². The highest BCUT2D eigenvalue weighted by atomic mass is 15.1. The monoisotopic (exact) mass is 280 g/mol. The molecule has 3 rings (SSSR count). The summed E-state index contributed by atoms with van der Waals surface area (Å²) in [6.45, 7) is 3.18. The smallest absolute Gasteiger partial charge is 0.125 e. The molecule has 2 heterocycles. The molecule has 1 aromatic carbocycles. The van der Waals surface area contributed by atoms with Gasteiger partial charge < -0.3 is 9.88 Å². The number of rotatable bonds is 5. The largest absolute Gasteiger partial charge is 0.373 e. The van der Waals surface area contributed by atoms with Crippen LogP contribution in [-0.2, 0) is 13.0 Å². The summed E-state index contributed by atoms with van der Waals surface area (Å²) in [5.41, 5.74) is 3.30. The first kappa shape index (κ1) is 13.6. The van der Waals surface area contributed by atoms with Crippen molar-refractivity contribution in [3.05, 3.63) is 54.0 Å². The zero-order valence-corrected chi connectivity index (χ0v) is 12.5. The SMILES string of the molecule is CCCn1c(Cc2cccc(NC)n2)nc2ccccc21. The van der Waals surface area contributed by atoms with Gasteiger partial charge in [-0.25, -0.2) is 9.97 Å². The molecule has 1 N–H and O–H groups in total. The van der Waals surface area contributed by atoms with Gasteiger partial charge >= 0.3 is 0 Å². The lowest BCUT2D eigenvalue weighted by Gasteiger charge is -2.08. The van der Waals surface area contributed by atoms with Gasteiger partial charge in [0, 0.05) is 20.0 Å². The number of nitrogens with one attached hydrogen (secondary N) is 1. The van der Waals surface area contributed by atoms with E-state index in [9.17, 15) is 0 Å². The van der Waals surface area contributed by atoms with Crippen molar-refractivity contribution in [1.82, 2.24) is 14.5 Å². The number of aryl methyl sites for hydroxylation is 1. The topological polar surface area (TPSA) is 42.7 Å². The zero-order valence-electron chi connectivity index (χ0n) is 12.5. The molecule has 2 aromatic heterocycles. The summed E-state index contributed by atoms with van der Waals surface area (Å²) < 4.78 is 2.31. The third kappa shape index (κ3) is 2.75. The first-order chi connectivity index (χ1) is 10.3. The number of hydrogen-bond acceptors (Lipinski definition) is 3. The van der Waals surface area contributed by atoms with E-state index in [1.54, 1.807) is 0 Å². The van der Waals surface area contributed by atoms with Crippen LogP contribution in [0.3, 0.4) is 0 Å². The fraction of sp³-hybridized carbons (Fsp3) is 0.294. The lowest BCUT2D eigenvalue weighted by atomic mass is 10.2. The van der Waals surface area contributed by atoms with Gasteiger partial charge in [0.25, 0.3) is 0 Å². The van der Waals surface area contributed by atoms with Crippen molar-refractivity contribution in [2.75, 3.05) is 12.4 Å². The zero-order chi connectivity index (χ0) is 14.7. The second kappa shape index (κ2) is 5.95. The number of aromatic nitrogens is 3. The van der Waals surface area contributed by atoms with Crippen molar-refractivity contribution >= 4 is 16.9 Å². The van der Waals surface area contributed by atoms with E-state index in [2.05, 4.69) is 46.1 Å². The maximum absolute atomic E-state index is 4.78. The molecule has 0 saturated carbocycles. The molecule has 0 saturated heterocycles. The van der Waals surface area contributed by atoms with E-state index in [0.717, 1.165) is 42.2 Å². The number of hydrogen-bond donors (Lipinski definition) is 1. The molecule has 4 nitrogen and oxygen atoms in total. The third-order valence-electron chi connectivity index (χ3n) is 3.58. The minimum atomic E-state index is 0.754. The molecule has 0 aliphatic rings. The van der Waals surface area contributed by atoms with Crippen molar-refractivity contribution in [3.63, 3.8) is 0 Å². The molecule has 0 bridgehead atoms. The van der Waals surface area contributed by atoms with Crippen LogP contribution in [0.2, 0.25) is 0 Å². The molecule has 0 radical (unpaired) electrons. The second-order valence-corrected chi connectivity index (χ2v) is 5.11. The average molecular weight is 280 g/mol. The van der Waals surface area contributed by atoms with Gasteiger partial charge in [-0.2, -0.15) is 0 Å². The fourth-order valence-electron chi connectivity index (χ4n) is 2.61. The number of para-hydroxylation sites is 2. The number of imidazole rings is 1. The first-order valence-electron chi connectivity index (χ1n) is 7.39. The molecule has 21 heavy (non-hydrogen) atoms. The normalized spacial score (nSPS) is 11.0. The molecule has 4 heteroatoms. The van der Waals surface area contributed by atoms with Crippen LogP contribution < -0.4 is 5.32 Å². The quantitative estimate of drug-likeness (QED) is 0.778. The Kier molecular flexibility index (Phi) is 3.86. The molecule has 0 unspecified atom stereocenters. The number of fused-ring (bicyclic) bond motifs is 1. The van der Waals surface area contributed by atoms with Crippen molar-refractivity contribution < 1.29 is 0 Å². The lowest BCUT2D eigenvalue weighted by molar-refractivity contribution is 0.662. The molecular weight excluding hydrogens is 260 g/mol. The maximum Gasteiger partial charge on any atom is 0.125 e. The highest BCUT2D eigenvalue weighted by Gasteiger charge is 2.11. The minimum Gasteiger partial charge on any atom is -0.373 e. The van der Waals surface area contributed by atoms with Gasteiger partial charge in [0.2, 0.25) is 0 Å². The summed E-state index contributed by atoms with van der Waals surface area (Å²) in [7, 11) is 1.89. The molecule has 0 amide bonds. The van der Waals surface area contributed by atoms with Crippen LogP contribution in [0.15, 0.2) is 42.5 Å². The Morgan fingerprint density at radius 2 is 1.90 bits per heavy atom. The van der Waals surface area contributed by atoms with Crippen molar-refractivity contribution in [3.8, 4) is 0 Å². The molecule has 0 aliphatic heterocycles. The summed E-state index contributed by atoms with van der Waals surface area (Å²) >= 11 is 0. The summed E-state index contributed by atoms with van der Waals surface area (Å²) in [5, 5.41) is 3.08. The van der Waals surface area contributed by atoms with Crippen LogP contribution >= 0.6 is 0 Å².